The third-order valence-electron chi connectivity index (χ3n) is 5.64. The topological polar surface area (TPSA) is 83.1 Å². The maximum absolute atomic E-state index is 12.8. The molecule has 3 heterocycles. The molecule has 1 aliphatic rings. The minimum atomic E-state index is -0.124. The van der Waals surface area contributed by atoms with Crippen LogP contribution in [0.3, 0.4) is 0 Å². The first kappa shape index (κ1) is 19.5. The van der Waals surface area contributed by atoms with Crippen LogP contribution in [0.5, 0.6) is 0 Å². The van der Waals surface area contributed by atoms with Crippen LogP contribution in [0.25, 0.3) is 22.0 Å². The van der Waals surface area contributed by atoms with Crippen molar-refractivity contribution in [3.63, 3.8) is 0 Å². The van der Waals surface area contributed by atoms with Crippen molar-refractivity contribution in [2.45, 2.75) is 12.8 Å². The summed E-state index contributed by atoms with van der Waals surface area (Å²) in [5.41, 5.74) is 3.34. The number of fused-ring (bicyclic) bond motifs is 1. The highest BCUT2D eigenvalue weighted by molar-refractivity contribution is 6.05. The van der Waals surface area contributed by atoms with E-state index in [1.165, 1.54) is 0 Å². The van der Waals surface area contributed by atoms with Crippen molar-refractivity contribution < 1.29 is 9.53 Å². The predicted molar refractivity (Wildman–Crippen MR) is 113 cm³/mol. The molecule has 1 saturated heterocycles. The number of nitrogens with zero attached hydrogens (tertiary/aromatic N) is 3. The number of aromatic nitrogens is 3. The normalized spacial score (nSPS) is 15.6. The van der Waals surface area contributed by atoms with Crippen LogP contribution in [0, 0.1) is 5.92 Å². The fraction of sp³-hybridized carbons (Fsp3) is 0.409. The highest BCUT2D eigenvalue weighted by Gasteiger charge is 2.21. The van der Waals surface area contributed by atoms with Crippen LogP contribution < -0.4 is 5.32 Å². The van der Waals surface area contributed by atoms with E-state index in [0.717, 1.165) is 61.1 Å². The number of amides is 1. The molecule has 152 valence electrons. The van der Waals surface area contributed by atoms with Gasteiger partial charge in [-0.1, -0.05) is 12.1 Å². The van der Waals surface area contributed by atoms with E-state index < -0.39 is 0 Å². The van der Waals surface area contributed by atoms with E-state index in [4.69, 9.17) is 4.74 Å². The quantitative estimate of drug-likeness (QED) is 0.645. The summed E-state index contributed by atoms with van der Waals surface area (Å²) in [5, 5.41) is 11.1. The smallest absolute Gasteiger partial charge is 0.272 e. The number of methoxy groups -OCH3 is 1. The summed E-state index contributed by atoms with van der Waals surface area (Å²) < 4.78 is 5.15. The molecular weight excluding hydrogens is 366 g/mol. The Morgan fingerprint density at radius 1 is 1.28 bits per heavy atom. The maximum Gasteiger partial charge on any atom is 0.272 e. The van der Waals surface area contributed by atoms with Gasteiger partial charge in [0.15, 0.2) is 5.69 Å². The monoisotopic (exact) mass is 393 g/mol. The molecule has 0 radical (unpaired) electrons. The Labute approximate surface area is 170 Å². The van der Waals surface area contributed by atoms with Crippen molar-refractivity contribution in [3.05, 3.63) is 48.4 Å². The Kier molecular flexibility index (Phi) is 6.17. The standard InChI is InChI=1S/C22H27N5O2/c1-29-12-11-27-9-6-16(7-10-27)14-24-22(28)21-19-13-17(4-5-20(19)25-26-21)18-3-2-8-23-15-18/h2-5,8,13,15-16H,6-7,9-12,14H2,1H3,(H,24,28)(H,25,26). The predicted octanol–water partition coefficient (Wildman–Crippen LogP) is 2.71. The van der Waals surface area contributed by atoms with Gasteiger partial charge in [0, 0.05) is 43.5 Å². The SMILES string of the molecule is COCCN1CCC(CNC(=O)c2n[nH]c3ccc(-c4cccnc4)cc23)CC1. The summed E-state index contributed by atoms with van der Waals surface area (Å²) in [4.78, 5) is 19.4. The first-order valence-electron chi connectivity index (χ1n) is 10.1. The van der Waals surface area contributed by atoms with Crippen LogP contribution in [-0.4, -0.2) is 65.9 Å². The number of likely N-dealkylation sites (tertiary alicyclic amines) is 1. The number of hydrogen-bond acceptors (Lipinski definition) is 5. The summed E-state index contributed by atoms with van der Waals surface area (Å²) in [6.07, 6.45) is 5.76. The molecule has 1 fully saturated rings. The maximum atomic E-state index is 12.8. The molecule has 0 aliphatic carbocycles. The van der Waals surface area contributed by atoms with Crippen molar-refractivity contribution in [2.75, 3.05) is 39.9 Å². The molecule has 2 aromatic heterocycles. The third-order valence-corrected chi connectivity index (χ3v) is 5.64. The molecular formula is C22H27N5O2. The molecule has 1 amide bonds. The van der Waals surface area contributed by atoms with E-state index in [9.17, 15) is 4.79 Å². The van der Waals surface area contributed by atoms with Gasteiger partial charge in [-0.25, -0.2) is 0 Å². The summed E-state index contributed by atoms with van der Waals surface area (Å²) in [6.45, 7) is 4.56. The summed E-state index contributed by atoms with van der Waals surface area (Å²) >= 11 is 0. The van der Waals surface area contributed by atoms with E-state index in [0.29, 0.717) is 18.2 Å². The number of ether oxygens (including phenoxy) is 1. The van der Waals surface area contributed by atoms with Gasteiger partial charge in [0.1, 0.15) is 0 Å². The summed E-state index contributed by atoms with van der Waals surface area (Å²) in [6, 6.07) is 9.88. The number of aromatic amines is 1. The molecule has 0 spiro atoms. The number of nitrogens with one attached hydrogen (secondary N) is 2. The van der Waals surface area contributed by atoms with E-state index in [1.54, 1.807) is 13.3 Å². The fourth-order valence-electron chi connectivity index (χ4n) is 3.86. The lowest BCUT2D eigenvalue weighted by Crippen LogP contribution is -2.39. The molecule has 1 aromatic carbocycles. The van der Waals surface area contributed by atoms with Crippen LogP contribution in [0.15, 0.2) is 42.7 Å². The van der Waals surface area contributed by atoms with Crippen molar-refractivity contribution in [2.24, 2.45) is 5.92 Å². The number of H-pyrrole nitrogens is 1. The van der Waals surface area contributed by atoms with Crippen LogP contribution in [0.4, 0.5) is 0 Å². The zero-order valence-corrected chi connectivity index (χ0v) is 16.7. The third kappa shape index (κ3) is 4.63. The van der Waals surface area contributed by atoms with Gasteiger partial charge in [-0.3, -0.25) is 14.9 Å². The molecule has 7 heteroatoms. The lowest BCUT2D eigenvalue weighted by atomic mass is 9.96. The Morgan fingerprint density at radius 2 is 2.14 bits per heavy atom. The van der Waals surface area contributed by atoms with Gasteiger partial charge in [-0.05, 0) is 55.6 Å². The Bertz CT molecular complexity index is 948. The molecule has 0 saturated carbocycles. The average Bonchev–Trinajstić information content (AvgIpc) is 3.21. The van der Waals surface area contributed by atoms with Crippen LogP contribution in [0.2, 0.25) is 0 Å². The van der Waals surface area contributed by atoms with Gasteiger partial charge in [-0.2, -0.15) is 5.10 Å². The molecule has 0 atom stereocenters. The van der Waals surface area contributed by atoms with Crippen molar-refractivity contribution in [1.82, 2.24) is 25.4 Å². The van der Waals surface area contributed by atoms with Crippen molar-refractivity contribution >= 4 is 16.8 Å². The first-order valence-corrected chi connectivity index (χ1v) is 10.1. The molecule has 1 aliphatic heterocycles. The molecule has 2 N–H and O–H groups in total. The second-order valence-corrected chi connectivity index (χ2v) is 7.56. The fourth-order valence-corrected chi connectivity index (χ4v) is 3.86. The summed E-state index contributed by atoms with van der Waals surface area (Å²) in [5.74, 6) is 0.385. The van der Waals surface area contributed by atoms with E-state index in [2.05, 4.69) is 25.4 Å². The zero-order chi connectivity index (χ0) is 20.1. The minimum absolute atomic E-state index is 0.124. The Balaban J connectivity index is 1.39. The van der Waals surface area contributed by atoms with E-state index in [-0.39, 0.29) is 5.91 Å². The number of hydrogen-bond donors (Lipinski definition) is 2. The van der Waals surface area contributed by atoms with E-state index >= 15 is 0 Å². The minimum Gasteiger partial charge on any atom is -0.383 e. The largest absolute Gasteiger partial charge is 0.383 e. The molecule has 0 unspecified atom stereocenters. The van der Waals surface area contributed by atoms with Gasteiger partial charge in [0.25, 0.3) is 5.91 Å². The Hall–Kier alpha value is -2.77. The number of piperidine rings is 1. The van der Waals surface area contributed by atoms with Gasteiger partial charge in [0.05, 0.1) is 12.1 Å². The zero-order valence-electron chi connectivity index (χ0n) is 16.7. The lowest BCUT2D eigenvalue weighted by molar-refractivity contribution is 0.0922. The van der Waals surface area contributed by atoms with Gasteiger partial charge in [0.2, 0.25) is 0 Å². The molecule has 4 rings (SSSR count). The number of carbonyl (C=O) groups excluding carboxylic acids is 1. The van der Waals surface area contributed by atoms with E-state index in [1.807, 2.05) is 36.5 Å². The molecule has 7 nitrogen and oxygen atoms in total. The number of carbonyl (C=O) groups is 1. The van der Waals surface area contributed by atoms with Gasteiger partial charge in [-0.15, -0.1) is 0 Å². The Morgan fingerprint density at radius 3 is 2.90 bits per heavy atom. The van der Waals surface area contributed by atoms with Crippen LogP contribution in [-0.2, 0) is 4.74 Å². The van der Waals surface area contributed by atoms with Crippen molar-refractivity contribution in [3.8, 4) is 11.1 Å². The molecule has 29 heavy (non-hydrogen) atoms. The average molecular weight is 393 g/mol. The number of rotatable bonds is 7. The number of benzene rings is 1. The van der Waals surface area contributed by atoms with Gasteiger partial charge < -0.3 is 15.0 Å². The highest BCUT2D eigenvalue weighted by atomic mass is 16.5. The molecule has 0 bridgehead atoms. The second-order valence-electron chi connectivity index (χ2n) is 7.56. The molecule has 3 aromatic rings. The number of pyridine rings is 1. The van der Waals surface area contributed by atoms with Gasteiger partial charge >= 0.3 is 0 Å². The second kappa shape index (κ2) is 9.15. The lowest BCUT2D eigenvalue weighted by Gasteiger charge is -2.31. The highest BCUT2D eigenvalue weighted by Crippen LogP contribution is 2.25. The van der Waals surface area contributed by atoms with Crippen LogP contribution in [0.1, 0.15) is 23.3 Å². The van der Waals surface area contributed by atoms with Crippen molar-refractivity contribution in [1.29, 1.82) is 0 Å². The first-order chi connectivity index (χ1) is 14.2. The summed E-state index contributed by atoms with van der Waals surface area (Å²) in [7, 11) is 1.74. The van der Waals surface area contributed by atoms with Crippen LogP contribution >= 0.6 is 0 Å².